The quantitative estimate of drug-likeness (QED) is 0.322. The summed E-state index contributed by atoms with van der Waals surface area (Å²) in [4.78, 5) is 26.9. The number of hydrogen-bond donors (Lipinski definition) is 0. The summed E-state index contributed by atoms with van der Waals surface area (Å²) in [5, 5.41) is 0. The van der Waals surface area contributed by atoms with E-state index in [0.29, 0.717) is 37.2 Å². The normalized spacial score (nSPS) is 10.8. The third-order valence-electron chi connectivity index (χ3n) is 5.55. The van der Waals surface area contributed by atoms with Gasteiger partial charge in [0.2, 0.25) is 0 Å². The van der Waals surface area contributed by atoms with E-state index in [-0.39, 0.29) is 11.9 Å². The summed E-state index contributed by atoms with van der Waals surface area (Å²) < 4.78 is 11.5. The van der Waals surface area contributed by atoms with E-state index in [2.05, 4.69) is 32.9 Å². The first-order valence-electron chi connectivity index (χ1n) is 10.9. The van der Waals surface area contributed by atoms with Crippen LogP contribution < -0.4 is 9.47 Å². The second-order valence-corrected chi connectivity index (χ2v) is 9.09. The molecule has 0 bridgehead atoms. The lowest BCUT2D eigenvalue weighted by molar-refractivity contribution is -0.137. The van der Waals surface area contributed by atoms with Crippen LogP contribution in [0.2, 0.25) is 0 Å². The molecule has 0 amide bonds. The number of ether oxygens (including phenoxy) is 2. The second-order valence-electron chi connectivity index (χ2n) is 8.07. The summed E-state index contributed by atoms with van der Waals surface area (Å²) >= 11 is 1.68. The molecule has 2 rings (SSSR count). The summed E-state index contributed by atoms with van der Waals surface area (Å²) in [5.41, 5.74) is 6.34. The van der Waals surface area contributed by atoms with E-state index >= 15 is 0 Å². The van der Waals surface area contributed by atoms with Crippen LogP contribution in [-0.2, 0) is 9.59 Å². The summed E-state index contributed by atoms with van der Waals surface area (Å²) in [6.45, 7) is 16.1. The van der Waals surface area contributed by atoms with Gasteiger partial charge in [-0.15, -0.1) is 0 Å². The van der Waals surface area contributed by atoms with E-state index in [9.17, 15) is 9.59 Å². The van der Waals surface area contributed by atoms with Gasteiger partial charge in [0.1, 0.15) is 0 Å². The average Bonchev–Trinajstić information content (AvgIpc) is 2.71. The molecule has 0 aliphatic heterocycles. The molecule has 0 spiro atoms. The van der Waals surface area contributed by atoms with Crippen molar-refractivity contribution in [2.75, 3.05) is 0 Å². The first-order chi connectivity index (χ1) is 14.6. The lowest BCUT2D eigenvalue weighted by Gasteiger charge is -2.22. The monoisotopic (exact) mass is 442 g/mol. The van der Waals surface area contributed by atoms with Gasteiger partial charge >= 0.3 is 11.9 Å². The Balaban J connectivity index is 2.65. The highest BCUT2D eigenvalue weighted by molar-refractivity contribution is 7.99. The van der Waals surface area contributed by atoms with Crippen LogP contribution in [0.4, 0.5) is 0 Å². The van der Waals surface area contributed by atoms with Crippen LogP contribution in [0.3, 0.4) is 0 Å². The predicted molar refractivity (Wildman–Crippen MR) is 127 cm³/mol. The maximum absolute atomic E-state index is 12.4. The van der Waals surface area contributed by atoms with Gasteiger partial charge in [-0.1, -0.05) is 37.7 Å². The minimum atomic E-state index is -0.319. The van der Waals surface area contributed by atoms with Gasteiger partial charge in [-0.25, -0.2) is 0 Å². The van der Waals surface area contributed by atoms with Gasteiger partial charge in [-0.3, -0.25) is 9.59 Å². The molecular formula is C26H34O4S. The van der Waals surface area contributed by atoms with E-state index in [1.165, 1.54) is 21.6 Å². The fourth-order valence-electron chi connectivity index (χ4n) is 3.39. The summed E-state index contributed by atoms with van der Waals surface area (Å²) in [5.74, 6) is 0.0832. The zero-order valence-corrected chi connectivity index (χ0v) is 20.8. The highest BCUT2D eigenvalue weighted by atomic mass is 32.2. The molecule has 0 fully saturated rings. The van der Waals surface area contributed by atoms with Crippen molar-refractivity contribution >= 4 is 23.7 Å². The molecule has 5 heteroatoms. The van der Waals surface area contributed by atoms with Crippen LogP contribution in [0.5, 0.6) is 11.5 Å². The Labute approximate surface area is 190 Å². The van der Waals surface area contributed by atoms with Crippen molar-refractivity contribution in [2.24, 2.45) is 0 Å². The number of esters is 2. The Kier molecular flexibility index (Phi) is 8.75. The molecule has 2 aromatic carbocycles. The van der Waals surface area contributed by atoms with Crippen molar-refractivity contribution in [2.45, 2.75) is 90.9 Å². The first-order valence-corrected chi connectivity index (χ1v) is 11.7. The zero-order valence-electron chi connectivity index (χ0n) is 20.0. The fourth-order valence-corrected chi connectivity index (χ4v) is 4.69. The molecule has 0 N–H and O–H groups in total. The maximum atomic E-state index is 12.4. The van der Waals surface area contributed by atoms with Gasteiger partial charge in [0.05, 0.1) is 0 Å². The molecule has 0 saturated heterocycles. The molecule has 4 nitrogen and oxygen atoms in total. The van der Waals surface area contributed by atoms with Crippen molar-refractivity contribution in [1.82, 2.24) is 0 Å². The minimum absolute atomic E-state index is 0.313. The van der Waals surface area contributed by atoms with Gasteiger partial charge in [-0.2, -0.15) is 0 Å². The van der Waals surface area contributed by atoms with Gasteiger partial charge in [0.25, 0.3) is 0 Å². The summed E-state index contributed by atoms with van der Waals surface area (Å²) in [7, 11) is 0. The lowest BCUT2D eigenvalue weighted by Crippen LogP contribution is -2.14. The van der Waals surface area contributed by atoms with Crippen molar-refractivity contribution < 1.29 is 19.1 Å². The zero-order chi connectivity index (χ0) is 23.3. The predicted octanol–water partition coefficient (Wildman–Crippen LogP) is 7.10. The number of aryl methyl sites for hydroxylation is 2. The molecule has 2 aromatic rings. The Bertz CT molecular complexity index is 992. The highest BCUT2D eigenvalue weighted by Crippen LogP contribution is 2.47. The van der Waals surface area contributed by atoms with Crippen molar-refractivity contribution in [3.63, 3.8) is 0 Å². The third kappa shape index (κ3) is 5.70. The third-order valence-corrected chi connectivity index (χ3v) is 7.20. The van der Waals surface area contributed by atoms with E-state index < -0.39 is 0 Å². The van der Waals surface area contributed by atoms with Crippen molar-refractivity contribution in [1.29, 1.82) is 0 Å². The van der Waals surface area contributed by atoms with Gasteiger partial charge in [0, 0.05) is 28.2 Å². The summed E-state index contributed by atoms with van der Waals surface area (Å²) in [6.07, 6.45) is 2.02. The molecule has 0 aliphatic rings. The van der Waals surface area contributed by atoms with E-state index in [4.69, 9.17) is 9.47 Å². The largest absolute Gasteiger partial charge is 0.422 e. The number of rotatable bonds is 8. The maximum Gasteiger partial charge on any atom is 0.311 e. The van der Waals surface area contributed by atoms with E-state index in [1.54, 1.807) is 11.8 Å². The molecule has 0 radical (unpaired) electrons. The highest BCUT2D eigenvalue weighted by Gasteiger charge is 2.25. The van der Waals surface area contributed by atoms with Crippen LogP contribution >= 0.6 is 11.8 Å². The number of hydrogen-bond acceptors (Lipinski definition) is 5. The SMILES string of the molecule is CCCC(=O)Oc1c(C)c(C)c(Sc2c(C)ccc(C)c2C)c(C)c1OC(=O)CCC. The minimum Gasteiger partial charge on any atom is -0.422 e. The van der Waals surface area contributed by atoms with Crippen LogP contribution in [-0.4, -0.2) is 11.9 Å². The molecule has 0 atom stereocenters. The Hall–Kier alpha value is -2.27. The molecule has 31 heavy (non-hydrogen) atoms. The van der Waals surface area contributed by atoms with Crippen LogP contribution in [0.1, 0.15) is 72.9 Å². The van der Waals surface area contributed by atoms with Crippen LogP contribution in [0.15, 0.2) is 21.9 Å². The topological polar surface area (TPSA) is 52.6 Å². The van der Waals surface area contributed by atoms with Crippen molar-refractivity contribution in [3.8, 4) is 11.5 Å². The van der Waals surface area contributed by atoms with Gasteiger partial charge in [-0.05, 0) is 82.2 Å². The molecule has 0 unspecified atom stereocenters. The molecule has 168 valence electrons. The molecule has 0 aliphatic carbocycles. The fraction of sp³-hybridized carbons (Fsp3) is 0.462. The molecular weight excluding hydrogens is 408 g/mol. The lowest BCUT2D eigenvalue weighted by atomic mass is 10.0. The number of carbonyl (C=O) groups is 2. The Morgan fingerprint density at radius 1 is 0.677 bits per heavy atom. The average molecular weight is 443 g/mol. The molecule has 0 saturated carbocycles. The number of benzene rings is 2. The standard InChI is InChI=1S/C26H34O4S/c1-9-11-21(27)29-23-18(6)19(7)26(20(8)24(23)30-22(28)12-10-2)31-25-16(4)14-13-15(3)17(25)5/h13-14H,9-12H2,1-8H3. The molecule has 0 heterocycles. The van der Waals surface area contributed by atoms with Gasteiger partial charge < -0.3 is 9.47 Å². The van der Waals surface area contributed by atoms with Crippen LogP contribution in [0.25, 0.3) is 0 Å². The summed E-state index contributed by atoms with van der Waals surface area (Å²) in [6, 6.07) is 4.26. The first kappa shape index (κ1) is 25.0. The smallest absolute Gasteiger partial charge is 0.311 e. The second kappa shape index (κ2) is 10.9. The Morgan fingerprint density at radius 2 is 1.16 bits per heavy atom. The van der Waals surface area contributed by atoms with Gasteiger partial charge in [0.15, 0.2) is 11.5 Å². The number of carbonyl (C=O) groups excluding carboxylic acids is 2. The Morgan fingerprint density at radius 3 is 1.68 bits per heavy atom. The van der Waals surface area contributed by atoms with Crippen molar-refractivity contribution in [3.05, 3.63) is 45.5 Å². The van der Waals surface area contributed by atoms with E-state index in [0.717, 1.165) is 21.6 Å². The molecule has 0 aromatic heterocycles. The van der Waals surface area contributed by atoms with E-state index in [1.807, 2.05) is 34.6 Å². The van der Waals surface area contributed by atoms with Crippen LogP contribution in [0, 0.1) is 41.5 Å².